The molecule has 0 spiro atoms. The summed E-state index contributed by atoms with van der Waals surface area (Å²) in [5.74, 6) is 2.42. The number of ether oxygens (including phenoxy) is 2. The molecule has 3 nitrogen and oxygen atoms in total. The lowest BCUT2D eigenvalue weighted by atomic mass is 9.86. The Morgan fingerprint density at radius 3 is 2.69 bits per heavy atom. The van der Waals surface area contributed by atoms with Crippen LogP contribution in [0.2, 0.25) is 0 Å². The Balaban J connectivity index is 1.88. The summed E-state index contributed by atoms with van der Waals surface area (Å²) in [5.41, 5.74) is 1.36. The van der Waals surface area contributed by atoms with E-state index >= 15 is 0 Å². The van der Waals surface area contributed by atoms with E-state index in [0.717, 1.165) is 37.7 Å². The molecule has 0 saturated carbocycles. The molecule has 0 aliphatic carbocycles. The largest absolute Gasteiger partial charge is 0.490 e. The van der Waals surface area contributed by atoms with Crippen molar-refractivity contribution in [2.45, 2.75) is 25.3 Å². The van der Waals surface area contributed by atoms with Gasteiger partial charge < -0.3 is 14.8 Å². The van der Waals surface area contributed by atoms with E-state index < -0.39 is 0 Å². The predicted molar refractivity (Wildman–Crippen MR) is 62.3 cm³/mol. The summed E-state index contributed by atoms with van der Waals surface area (Å²) in [5, 5.41) is 3.38. The van der Waals surface area contributed by atoms with E-state index in [-0.39, 0.29) is 0 Å². The van der Waals surface area contributed by atoms with Crippen LogP contribution in [0.4, 0.5) is 0 Å². The van der Waals surface area contributed by atoms with Crippen molar-refractivity contribution in [2.24, 2.45) is 0 Å². The fourth-order valence-corrected chi connectivity index (χ4v) is 2.29. The smallest absolute Gasteiger partial charge is 0.161 e. The zero-order valence-electron chi connectivity index (χ0n) is 9.53. The monoisotopic (exact) mass is 219 g/mol. The second-order valence-electron chi connectivity index (χ2n) is 4.56. The molecule has 1 fully saturated rings. The number of benzene rings is 1. The van der Waals surface area contributed by atoms with Crippen molar-refractivity contribution < 1.29 is 9.47 Å². The topological polar surface area (TPSA) is 30.5 Å². The predicted octanol–water partition coefficient (Wildman–Crippen LogP) is 1.92. The van der Waals surface area contributed by atoms with Gasteiger partial charge in [0.15, 0.2) is 11.5 Å². The first kappa shape index (κ1) is 9.97. The van der Waals surface area contributed by atoms with Crippen LogP contribution in [0.15, 0.2) is 18.2 Å². The van der Waals surface area contributed by atoms with Crippen molar-refractivity contribution >= 4 is 0 Å². The van der Waals surface area contributed by atoms with Crippen LogP contribution < -0.4 is 14.8 Å². The third kappa shape index (κ3) is 1.65. The van der Waals surface area contributed by atoms with Crippen molar-refractivity contribution in [3.63, 3.8) is 0 Å². The first-order valence-electron chi connectivity index (χ1n) is 5.97. The molecular weight excluding hydrogens is 202 g/mol. The average molecular weight is 219 g/mol. The molecule has 1 aromatic carbocycles. The Morgan fingerprint density at radius 2 is 2.00 bits per heavy atom. The molecular formula is C13H17NO2. The van der Waals surface area contributed by atoms with E-state index in [9.17, 15) is 0 Å². The SMILES string of the molecule is CC1NCC1c1ccc2c(c1)OCCCO2. The molecule has 0 bridgehead atoms. The molecule has 2 aliphatic rings. The standard InChI is InChI=1S/C13H17NO2/c1-9-11(8-14-9)10-3-4-12-13(7-10)16-6-2-5-15-12/h3-4,7,9,11,14H,2,5-6,8H2,1H3. The molecule has 3 heteroatoms. The van der Waals surface area contributed by atoms with Gasteiger partial charge in [-0.1, -0.05) is 6.07 Å². The fourth-order valence-electron chi connectivity index (χ4n) is 2.29. The Labute approximate surface area is 95.8 Å². The van der Waals surface area contributed by atoms with Crippen molar-refractivity contribution in [3.8, 4) is 11.5 Å². The van der Waals surface area contributed by atoms with Crippen LogP contribution in [0.3, 0.4) is 0 Å². The minimum absolute atomic E-state index is 0.574. The molecule has 1 aromatic rings. The van der Waals surface area contributed by atoms with Gasteiger partial charge in [-0.15, -0.1) is 0 Å². The lowest BCUT2D eigenvalue weighted by molar-refractivity contribution is 0.296. The number of hydrogen-bond acceptors (Lipinski definition) is 3. The van der Waals surface area contributed by atoms with Gasteiger partial charge in [0.1, 0.15) is 0 Å². The molecule has 86 valence electrons. The van der Waals surface area contributed by atoms with Crippen LogP contribution in [0, 0.1) is 0 Å². The molecule has 1 N–H and O–H groups in total. The molecule has 2 atom stereocenters. The van der Waals surface area contributed by atoms with Gasteiger partial charge in [0.05, 0.1) is 13.2 Å². The Bertz CT molecular complexity index is 392. The average Bonchev–Trinajstić information content (AvgIpc) is 2.51. The molecule has 1 saturated heterocycles. The van der Waals surface area contributed by atoms with Gasteiger partial charge in [-0.3, -0.25) is 0 Å². The third-order valence-corrected chi connectivity index (χ3v) is 3.46. The molecule has 2 unspecified atom stereocenters. The van der Waals surface area contributed by atoms with Crippen LogP contribution in [0.5, 0.6) is 11.5 Å². The molecule has 2 heterocycles. The summed E-state index contributed by atoms with van der Waals surface area (Å²) in [6, 6.07) is 6.92. The van der Waals surface area contributed by atoms with E-state index in [0.29, 0.717) is 12.0 Å². The van der Waals surface area contributed by atoms with Crippen LogP contribution in [0.25, 0.3) is 0 Å². The minimum atomic E-state index is 0.574. The van der Waals surface area contributed by atoms with Crippen LogP contribution in [-0.4, -0.2) is 25.8 Å². The summed E-state index contributed by atoms with van der Waals surface area (Å²) in [7, 11) is 0. The highest BCUT2D eigenvalue weighted by Crippen LogP contribution is 2.35. The number of nitrogens with one attached hydrogen (secondary N) is 1. The second kappa shape index (κ2) is 3.98. The van der Waals surface area contributed by atoms with Gasteiger partial charge in [0.2, 0.25) is 0 Å². The molecule has 2 aliphatic heterocycles. The van der Waals surface area contributed by atoms with Crippen LogP contribution >= 0.6 is 0 Å². The number of rotatable bonds is 1. The molecule has 0 amide bonds. The first-order chi connectivity index (χ1) is 7.84. The summed E-state index contributed by atoms with van der Waals surface area (Å²) >= 11 is 0. The summed E-state index contributed by atoms with van der Waals surface area (Å²) in [6.07, 6.45) is 0.964. The van der Waals surface area contributed by atoms with E-state index in [1.54, 1.807) is 0 Å². The van der Waals surface area contributed by atoms with E-state index in [1.807, 2.05) is 6.07 Å². The van der Waals surface area contributed by atoms with Gasteiger partial charge in [-0.2, -0.15) is 0 Å². The summed E-state index contributed by atoms with van der Waals surface area (Å²) in [6.45, 7) is 4.81. The zero-order chi connectivity index (χ0) is 11.0. The summed E-state index contributed by atoms with van der Waals surface area (Å²) < 4.78 is 11.3. The van der Waals surface area contributed by atoms with Gasteiger partial charge in [-0.05, 0) is 24.6 Å². The quantitative estimate of drug-likeness (QED) is 0.782. The van der Waals surface area contributed by atoms with Crippen LogP contribution in [-0.2, 0) is 0 Å². The van der Waals surface area contributed by atoms with Gasteiger partial charge in [0, 0.05) is 24.9 Å². The van der Waals surface area contributed by atoms with Crippen molar-refractivity contribution in [1.82, 2.24) is 5.32 Å². The highest BCUT2D eigenvalue weighted by Gasteiger charge is 2.28. The minimum Gasteiger partial charge on any atom is -0.490 e. The van der Waals surface area contributed by atoms with Crippen LogP contribution in [0.1, 0.15) is 24.8 Å². The Kier molecular flexibility index (Phi) is 2.48. The molecule has 3 rings (SSSR count). The van der Waals surface area contributed by atoms with Crippen molar-refractivity contribution in [2.75, 3.05) is 19.8 Å². The maximum Gasteiger partial charge on any atom is 0.161 e. The molecule has 0 radical (unpaired) electrons. The number of fused-ring (bicyclic) bond motifs is 1. The maximum absolute atomic E-state index is 5.70. The second-order valence-corrected chi connectivity index (χ2v) is 4.56. The van der Waals surface area contributed by atoms with Crippen molar-refractivity contribution in [1.29, 1.82) is 0 Å². The van der Waals surface area contributed by atoms with Gasteiger partial charge in [-0.25, -0.2) is 0 Å². The first-order valence-corrected chi connectivity index (χ1v) is 5.97. The highest BCUT2D eigenvalue weighted by atomic mass is 16.5. The fraction of sp³-hybridized carbons (Fsp3) is 0.538. The third-order valence-electron chi connectivity index (χ3n) is 3.46. The normalized spacial score (nSPS) is 28.1. The Hall–Kier alpha value is -1.22. The van der Waals surface area contributed by atoms with E-state index in [1.165, 1.54) is 5.56 Å². The van der Waals surface area contributed by atoms with E-state index in [4.69, 9.17) is 9.47 Å². The van der Waals surface area contributed by atoms with E-state index in [2.05, 4.69) is 24.4 Å². The van der Waals surface area contributed by atoms with Gasteiger partial charge in [0.25, 0.3) is 0 Å². The zero-order valence-corrected chi connectivity index (χ0v) is 9.53. The highest BCUT2D eigenvalue weighted by molar-refractivity contribution is 5.45. The van der Waals surface area contributed by atoms with Crippen molar-refractivity contribution in [3.05, 3.63) is 23.8 Å². The van der Waals surface area contributed by atoms with Gasteiger partial charge >= 0.3 is 0 Å². The molecule has 0 aromatic heterocycles. The maximum atomic E-state index is 5.70. The Morgan fingerprint density at radius 1 is 1.19 bits per heavy atom. The summed E-state index contributed by atoms with van der Waals surface area (Å²) in [4.78, 5) is 0. The lowest BCUT2D eigenvalue weighted by Gasteiger charge is -2.36. The molecule has 16 heavy (non-hydrogen) atoms. The lowest BCUT2D eigenvalue weighted by Crippen LogP contribution is -2.48. The number of hydrogen-bond donors (Lipinski definition) is 1.